The van der Waals surface area contributed by atoms with Gasteiger partial charge in [0.05, 0.1) is 14.2 Å². The summed E-state index contributed by atoms with van der Waals surface area (Å²) in [5.41, 5.74) is 3.38. The molecular formula is C23H26N2O3. The zero-order valence-corrected chi connectivity index (χ0v) is 16.5. The third kappa shape index (κ3) is 5.24. The van der Waals surface area contributed by atoms with E-state index in [1.165, 1.54) is 5.56 Å². The Morgan fingerprint density at radius 3 is 2.46 bits per heavy atom. The number of benzene rings is 2. The molecule has 0 saturated carbocycles. The van der Waals surface area contributed by atoms with Gasteiger partial charge in [0.1, 0.15) is 12.4 Å². The molecule has 1 unspecified atom stereocenters. The maximum Gasteiger partial charge on any atom is 0.161 e. The Bertz CT molecular complexity index is 884. The Balaban J connectivity index is 1.63. The summed E-state index contributed by atoms with van der Waals surface area (Å²) in [5.74, 6) is 2.31. The van der Waals surface area contributed by atoms with E-state index in [9.17, 15) is 0 Å². The molecule has 1 aromatic heterocycles. The number of hydrogen-bond donors (Lipinski definition) is 1. The fourth-order valence-electron chi connectivity index (χ4n) is 2.88. The molecule has 5 nitrogen and oxygen atoms in total. The van der Waals surface area contributed by atoms with Gasteiger partial charge in [0, 0.05) is 25.0 Å². The van der Waals surface area contributed by atoms with Crippen LogP contribution < -0.4 is 19.5 Å². The number of aromatic nitrogens is 1. The molecule has 0 spiro atoms. The lowest BCUT2D eigenvalue weighted by Crippen LogP contribution is -2.18. The van der Waals surface area contributed by atoms with E-state index < -0.39 is 0 Å². The van der Waals surface area contributed by atoms with Crippen LogP contribution in [0.2, 0.25) is 0 Å². The number of pyridine rings is 1. The standard InChI is InChI=1S/C23H26N2O3/c1-17(25-15-19-5-4-6-21(13-19)26-2)20-7-8-22(23(14-20)27-3)28-16-18-9-11-24-12-10-18/h4-14,17,25H,15-16H2,1-3H3. The van der Waals surface area contributed by atoms with Gasteiger partial charge in [0.15, 0.2) is 11.5 Å². The Labute approximate surface area is 166 Å². The van der Waals surface area contributed by atoms with Crippen molar-refractivity contribution in [1.29, 1.82) is 0 Å². The van der Waals surface area contributed by atoms with Crippen molar-refractivity contribution in [3.8, 4) is 17.2 Å². The highest BCUT2D eigenvalue weighted by Gasteiger charge is 2.11. The number of methoxy groups -OCH3 is 2. The number of rotatable bonds is 9. The molecule has 5 heteroatoms. The Morgan fingerprint density at radius 1 is 0.893 bits per heavy atom. The van der Waals surface area contributed by atoms with E-state index in [1.54, 1.807) is 26.6 Å². The SMILES string of the molecule is COc1cccc(CNC(C)c2ccc(OCc3ccncc3)c(OC)c2)c1. The quantitative estimate of drug-likeness (QED) is 0.593. The zero-order chi connectivity index (χ0) is 19.8. The van der Waals surface area contributed by atoms with Gasteiger partial charge in [-0.25, -0.2) is 0 Å². The molecule has 0 aliphatic carbocycles. The van der Waals surface area contributed by atoms with Crippen LogP contribution in [0, 0.1) is 0 Å². The molecule has 0 aliphatic rings. The van der Waals surface area contributed by atoms with E-state index in [2.05, 4.69) is 29.4 Å². The van der Waals surface area contributed by atoms with Crippen LogP contribution in [0.15, 0.2) is 67.0 Å². The van der Waals surface area contributed by atoms with E-state index in [0.717, 1.165) is 34.9 Å². The van der Waals surface area contributed by atoms with Gasteiger partial charge in [-0.1, -0.05) is 18.2 Å². The highest BCUT2D eigenvalue weighted by molar-refractivity contribution is 5.44. The molecule has 2 aromatic carbocycles. The maximum atomic E-state index is 5.92. The van der Waals surface area contributed by atoms with Crippen LogP contribution in [-0.2, 0) is 13.2 Å². The molecule has 0 saturated heterocycles. The van der Waals surface area contributed by atoms with Crippen molar-refractivity contribution in [1.82, 2.24) is 10.3 Å². The maximum absolute atomic E-state index is 5.92. The van der Waals surface area contributed by atoms with Crippen LogP contribution in [0.25, 0.3) is 0 Å². The van der Waals surface area contributed by atoms with Gasteiger partial charge in [0.25, 0.3) is 0 Å². The summed E-state index contributed by atoms with van der Waals surface area (Å²) in [4.78, 5) is 4.02. The second kappa shape index (κ2) is 9.76. The van der Waals surface area contributed by atoms with Crippen LogP contribution >= 0.6 is 0 Å². The lowest BCUT2D eigenvalue weighted by Gasteiger charge is -2.17. The Kier molecular flexibility index (Phi) is 6.87. The molecule has 28 heavy (non-hydrogen) atoms. The average Bonchev–Trinajstić information content (AvgIpc) is 2.76. The first-order valence-electron chi connectivity index (χ1n) is 9.25. The first kappa shape index (κ1) is 19.7. The molecule has 0 bridgehead atoms. The number of ether oxygens (including phenoxy) is 3. The van der Waals surface area contributed by atoms with Crippen molar-refractivity contribution in [3.63, 3.8) is 0 Å². The van der Waals surface area contributed by atoms with Gasteiger partial charge in [-0.05, 0) is 60.0 Å². The van der Waals surface area contributed by atoms with Crippen molar-refractivity contribution in [2.45, 2.75) is 26.1 Å². The minimum atomic E-state index is 0.161. The van der Waals surface area contributed by atoms with Crippen LogP contribution in [0.4, 0.5) is 0 Å². The summed E-state index contributed by atoms with van der Waals surface area (Å²) in [6.45, 7) is 3.36. The van der Waals surface area contributed by atoms with Crippen molar-refractivity contribution < 1.29 is 14.2 Å². The topological polar surface area (TPSA) is 52.6 Å². The average molecular weight is 378 g/mol. The summed E-state index contributed by atoms with van der Waals surface area (Å²) >= 11 is 0. The highest BCUT2D eigenvalue weighted by atomic mass is 16.5. The van der Waals surface area contributed by atoms with Crippen molar-refractivity contribution in [3.05, 3.63) is 83.7 Å². The zero-order valence-electron chi connectivity index (χ0n) is 16.5. The first-order valence-corrected chi connectivity index (χ1v) is 9.25. The number of nitrogens with zero attached hydrogens (tertiary/aromatic N) is 1. The Morgan fingerprint density at radius 2 is 1.71 bits per heavy atom. The lowest BCUT2D eigenvalue weighted by molar-refractivity contribution is 0.284. The van der Waals surface area contributed by atoms with E-state index in [-0.39, 0.29) is 6.04 Å². The fourth-order valence-corrected chi connectivity index (χ4v) is 2.88. The molecule has 0 amide bonds. The van der Waals surface area contributed by atoms with E-state index >= 15 is 0 Å². The second-order valence-corrected chi connectivity index (χ2v) is 6.51. The van der Waals surface area contributed by atoms with Crippen molar-refractivity contribution in [2.24, 2.45) is 0 Å². The summed E-state index contributed by atoms with van der Waals surface area (Å²) in [6, 6.07) is 18.1. The number of nitrogens with one attached hydrogen (secondary N) is 1. The summed E-state index contributed by atoms with van der Waals surface area (Å²) in [6.07, 6.45) is 3.52. The normalized spacial score (nSPS) is 11.7. The van der Waals surface area contributed by atoms with Crippen molar-refractivity contribution >= 4 is 0 Å². The van der Waals surface area contributed by atoms with Gasteiger partial charge in [-0.2, -0.15) is 0 Å². The highest BCUT2D eigenvalue weighted by Crippen LogP contribution is 2.31. The van der Waals surface area contributed by atoms with Crippen LogP contribution in [0.1, 0.15) is 29.7 Å². The van der Waals surface area contributed by atoms with Gasteiger partial charge in [-0.15, -0.1) is 0 Å². The van der Waals surface area contributed by atoms with Crippen LogP contribution in [0.5, 0.6) is 17.2 Å². The Hall–Kier alpha value is -3.05. The minimum absolute atomic E-state index is 0.161. The smallest absolute Gasteiger partial charge is 0.161 e. The molecule has 3 rings (SSSR count). The summed E-state index contributed by atoms with van der Waals surface area (Å²) < 4.78 is 16.7. The monoisotopic (exact) mass is 378 g/mol. The predicted octanol–water partition coefficient (Wildman–Crippen LogP) is 4.53. The number of hydrogen-bond acceptors (Lipinski definition) is 5. The van der Waals surface area contributed by atoms with Crippen LogP contribution in [-0.4, -0.2) is 19.2 Å². The predicted molar refractivity (Wildman–Crippen MR) is 110 cm³/mol. The molecule has 0 fully saturated rings. The molecule has 0 radical (unpaired) electrons. The van der Waals surface area contributed by atoms with Gasteiger partial charge < -0.3 is 19.5 Å². The molecule has 3 aromatic rings. The van der Waals surface area contributed by atoms with Crippen molar-refractivity contribution in [2.75, 3.05) is 14.2 Å². The molecular weight excluding hydrogens is 352 g/mol. The third-order valence-electron chi connectivity index (χ3n) is 4.58. The lowest BCUT2D eigenvalue weighted by atomic mass is 10.1. The molecule has 1 N–H and O–H groups in total. The van der Waals surface area contributed by atoms with E-state index in [4.69, 9.17) is 14.2 Å². The van der Waals surface area contributed by atoms with E-state index in [0.29, 0.717) is 6.61 Å². The second-order valence-electron chi connectivity index (χ2n) is 6.51. The summed E-state index contributed by atoms with van der Waals surface area (Å²) in [5, 5.41) is 3.54. The van der Waals surface area contributed by atoms with Gasteiger partial charge in [0.2, 0.25) is 0 Å². The van der Waals surface area contributed by atoms with Gasteiger partial charge in [-0.3, -0.25) is 4.98 Å². The summed E-state index contributed by atoms with van der Waals surface area (Å²) in [7, 11) is 3.34. The van der Waals surface area contributed by atoms with E-state index in [1.807, 2.05) is 42.5 Å². The van der Waals surface area contributed by atoms with Crippen LogP contribution in [0.3, 0.4) is 0 Å². The largest absolute Gasteiger partial charge is 0.497 e. The molecule has 146 valence electrons. The molecule has 1 atom stereocenters. The first-order chi connectivity index (χ1) is 13.7. The minimum Gasteiger partial charge on any atom is -0.497 e. The molecule has 0 aliphatic heterocycles. The molecule has 1 heterocycles. The fraction of sp³-hybridized carbons (Fsp3) is 0.261. The van der Waals surface area contributed by atoms with Gasteiger partial charge >= 0.3 is 0 Å². The third-order valence-corrected chi connectivity index (χ3v) is 4.58.